The predicted octanol–water partition coefficient (Wildman–Crippen LogP) is 0.395. The molecule has 0 aromatic carbocycles. The first-order valence-electron chi connectivity index (χ1n) is 5.46. The number of carboxylic acids is 1. The molecule has 0 unspecified atom stereocenters. The molecule has 0 aliphatic heterocycles. The minimum atomic E-state index is -4.24. The van der Waals surface area contributed by atoms with E-state index in [-0.39, 0.29) is 11.7 Å². The quantitative estimate of drug-likeness (QED) is 0.434. The first-order valence-corrected chi connectivity index (χ1v) is 7.21. The molecule has 0 atom stereocenters. The fourth-order valence-electron chi connectivity index (χ4n) is 1.41. The van der Waals surface area contributed by atoms with E-state index < -0.39 is 15.0 Å². The highest BCUT2D eigenvalue weighted by molar-refractivity contribution is 6.48. The van der Waals surface area contributed by atoms with Crippen molar-refractivity contribution in [3.8, 4) is 0 Å². The summed E-state index contributed by atoms with van der Waals surface area (Å²) in [5.41, 5.74) is 0.176. The molecule has 0 aromatic heterocycles. The normalized spacial score (nSPS) is 16.9. The molecule has 1 fully saturated rings. The van der Waals surface area contributed by atoms with Crippen LogP contribution in [0.2, 0.25) is 0 Å². The monoisotopic (exact) mass is 264 g/mol. The molecular weight excluding hydrogens is 244 g/mol. The Bertz CT molecular complexity index is 242. The lowest BCUT2D eigenvalue weighted by Gasteiger charge is -2.24. The summed E-state index contributed by atoms with van der Waals surface area (Å²) in [5, 5.41) is 7.89. The molecule has 0 spiro atoms. The van der Waals surface area contributed by atoms with E-state index in [1.165, 1.54) is 13.3 Å². The first kappa shape index (κ1) is 16.3. The molecule has 7 heteroatoms. The number of aliphatic carboxylic acids is 1. The van der Waals surface area contributed by atoms with Gasteiger partial charge in [0.1, 0.15) is 0 Å². The maximum atomic E-state index is 9.60. The minimum Gasteiger partial charge on any atom is -0.478 e. The molecule has 6 nitrogen and oxygen atoms in total. The summed E-state index contributed by atoms with van der Waals surface area (Å²) in [6, 6.07) is 0. The van der Waals surface area contributed by atoms with E-state index in [9.17, 15) is 4.79 Å². The van der Waals surface area contributed by atoms with Crippen molar-refractivity contribution in [3.05, 3.63) is 12.2 Å². The average Bonchev–Trinajstić information content (AvgIpc) is 2.17. The van der Waals surface area contributed by atoms with E-state index >= 15 is 0 Å². The second-order valence-electron chi connectivity index (χ2n) is 4.04. The van der Waals surface area contributed by atoms with Crippen LogP contribution < -0.4 is 0 Å². The fraction of sp³-hybridized carbons (Fsp3) is 0.700. The second-order valence-corrected chi connectivity index (χ2v) is 5.42. The fourth-order valence-corrected chi connectivity index (χ4v) is 2.09. The Hall–Kier alpha value is -0.733. The summed E-state index contributed by atoms with van der Waals surface area (Å²) in [4.78, 5) is 35.4. The lowest BCUT2D eigenvalue weighted by atomic mass is 9.98. The van der Waals surface area contributed by atoms with Gasteiger partial charge in [0.15, 0.2) is 0 Å². The lowest BCUT2D eigenvalue weighted by molar-refractivity contribution is -0.132. The van der Waals surface area contributed by atoms with E-state index in [2.05, 4.69) is 11.0 Å². The van der Waals surface area contributed by atoms with Crippen molar-refractivity contribution in [3.63, 3.8) is 0 Å². The zero-order valence-electron chi connectivity index (χ0n) is 9.93. The molecule has 0 saturated heterocycles. The molecule has 100 valence electrons. The smallest absolute Gasteiger partial charge is 0.478 e. The van der Waals surface area contributed by atoms with Crippen LogP contribution >= 0.6 is 0 Å². The van der Waals surface area contributed by atoms with Gasteiger partial charge in [0.2, 0.25) is 0 Å². The summed E-state index contributed by atoms with van der Waals surface area (Å²) in [7, 11) is -4.24. The molecule has 17 heavy (non-hydrogen) atoms. The van der Waals surface area contributed by atoms with E-state index in [0.29, 0.717) is 0 Å². The Morgan fingerprint density at radius 3 is 1.94 bits per heavy atom. The number of hydrogen-bond acceptors (Lipinski definition) is 5. The highest BCUT2D eigenvalue weighted by atomic mass is 28.4. The van der Waals surface area contributed by atoms with Crippen LogP contribution in [-0.4, -0.2) is 40.6 Å². The van der Waals surface area contributed by atoms with Gasteiger partial charge in [-0.3, -0.25) is 0 Å². The zero-order valence-corrected chi connectivity index (χ0v) is 10.9. The van der Waals surface area contributed by atoms with Crippen molar-refractivity contribution in [2.24, 2.45) is 0 Å². The van der Waals surface area contributed by atoms with Crippen molar-refractivity contribution in [1.82, 2.24) is 0 Å². The Balaban J connectivity index is 0.000000366. The van der Waals surface area contributed by atoms with E-state index in [1.807, 2.05) is 0 Å². The van der Waals surface area contributed by atoms with Crippen LogP contribution in [0.5, 0.6) is 0 Å². The Morgan fingerprint density at radius 2 is 1.65 bits per heavy atom. The molecule has 4 N–H and O–H groups in total. The van der Waals surface area contributed by atoms with Crippen molar-refractivity contribution in [2.75, 3.05) is 0 Å². The van der Waals surface area contributed by atoms with Gasteiger partial charge in [-0.05, 0) is 19.8 Å². The topological polar surface area (TPSA) is 107 Å². The molecular formula is C10H20O6Si. The van der Waals surface area contributed by atoms with Crippen LogP contribution in [0.1, 0.15) is 39.0 Å². The van der Waals surface area contributed by atoms with Crippen LogP contribution in [0.25, 0.3) is 0 Å². The van der Waals surface area contributed by atoms with Gasteiger partial charge >= 0.3 is 15.0 Å². The lowest BCUT2D eigenvalue weighted by Crippen LogP contribution is -2.43. The first-order chi connectivity index (χ1) is 7.72. The molecule has 1 rings (SSSR count). The number of hydrogen-bond donors (Lipinski definition) is 4. The third-order valence-electron chi connectivity index (χ3n) is 2.24. The molecule has 1 saturated carbocycles. The summed E-state index contributed by atoms with van der Waals surface area (Å²) in [6.07, 6.45) is 4.80. The summed E-state index contributed by atoms with van der Waals surface area (Å²) < 4.78 is 4.68. The Morgan fingerprint density at radius 1 is 1.24 bits per heavy atom. The minimum absolute atomic E-state index is 0.143. The summed E-state index contributed by atoms with van der Waals surface area (Å²) in [6.45, 7) is 4.60. The SMILES string of the molecule is C=C(C)C(=O)O.O[Si](O)(O)OC1CCCCC1. The predicted molar refractivity (Wildman–Crippen MR) is 62.8 cm³/mol. The highest BCUT2D eigenvalue weighted by Crippen LogP contribution is 2.21. The third kappa shape index (κ3) is 10.2. The van der Waals surface area contributed by atoms with Crippen LogP contribution in [-0.2, 0) is 9.22 Å². The molecule has 1 aliphatic carbocycles. The van der Waals surface area contributed by atoms with Crippen molar-refractivity contribution in [1.29, 1.82) is 0 Å². The summed E-state index contributed by atoms with van der Waals surface area (Å²) in [5.74, 6) is -0.935. The van der Waals surface area contributed by atoms with Crippen LogP contribution in [0.4, 0.5) is 0 Å². The van der Waals surface area contributed by atoms with E-state index in [4.69, 9.17) is 19.5 Å². The number of carboxylic acid groups (broad SMARTS) is 1. The molecule has 0 aromatic rings. The van der Waals surface area contributed by atoms with E-state index in [1.54, 1.807) is 0 Å². The van der Waals surface area contributed by atoms with Gasteiger partial charge in [0.25, 0.3) is 0 Å². The van der Waals surface area contributed by atoms with Gasteiger partial charge in [-0.2, -0.15) is 0 Å². The van der Waals surface area contributed by atoms with Crippen LogP contribution in [0.15, 0.2) is 12.2 Å². The van der Waals surface area contributed by atoms with Crippen molar-refractivity contribution in [2.45, 2.75) is 45.1 Å². The molecule has 0 bridgehead atoms. The number of carbonyl (C=O) groups is 1. The van der Waals surface area contributed by atoms with Gasteiger partial charge in [-0.25, -0.2) is 4.79 Å². The van der Waals surface area contributed by atoms with Crippen molar-refractivity contribution >= 4 is 15.0 Å². The van der Waals surface area contributed by atoms with Gasteiger partial charge in [0.05, 0.1) is 6.10 Å². The highest BCUT2D eigenvalue weighted by Gasteiger charge is 2.34. The number of rotatable bonds is 3. The van der Waals surface area contributed by atoms with Gasteiger partial charge < -0.3 is 23.9 Å². The van der Waals surface area contributed by atoms with Gasteiger partial charge in [0, 0.05) is 5.57 Å². The van der Waals surface area contributed by atoms with Crippen molar-refractivity contribution < 1.29 is 28.7 Å². The maximum absolute atomic E-state index is 9.60. The van der Waals surface area contributed by atoms with E-state index in [0.717, 1.165) is 25.7 Å². The Kier molecular flexibility index (Phi) is 7.24. The Labute approximate surface area is 102 Å². The molecule has 0 amide bonds. The van der Waals surface area contributed by atoms with Crippen LogP contribution in [0.3, 0.4) is 0 Å². The second kappa shape index (κ2) is 7.57. The molecule has 1 aliphatic rings. The largest absolute Gasteiger partial charge is 0.671 e. The average molecular weight is 264 g/mol. The maximum Gasteiger partial charge on any atom is 0.671 e. The van der Waals surface area contributed by atoms with Crippen LogP contribution in [0, 0.1) is 0 Å². The molecule has 0 heterocycles. The molecule has 0 radical (unpaired) electrons. The standard InChI is InChI=1S/C6H14O4Si.C4H6O2/c7-11(8,9)10-6-4-2-1-3-5-6;1-3(2)4(5)6/h6-9H,1-5H2;1H2,2H3,(H,5,6). The third-order valence-corrected chi connectivity index (χ3v) is 2.89. The van der Waals surface area contributed by atoms with Gasteiger partial charge in [-0.1, -0.05) is 25.8 Å². The van der Waals surface area contributed by atoms with Gasteiger partial charge in [-0.15, -0.1) is 0 Å². The zero-order chi connectivity index (χ0) is 13.5. The summed E-state index contributed by atoms with van der Waals surface area (Å²) >= 11 is 0.